The summed E-state index contributed by atoms with van der Waals surface area (Å²) >= 11 is 1.61. The molecule has 4 nitrogen and oxygen atoms in total. The molecular weight excluding hydrogens is 234 g/mol. The summed E-state index contributed by atoms with van der Waals surface area (Å²) in [5.74, 6) is -0.0853. The zero-order chi connectivity index (χ0) is 12.3. The number of thiazole rings is 1. The van der Waals surface area contributed by atoms with Crippen LogP contribution in [0.1, 0.15) is 25.9 Å². The Morgan fingerprint density at radius 1 is 1.35 bits per heavy atom. The van der Waals surface area contributed by atoms with Gasteiger partial charge in [-0.25, -0.2) is 4.98 Å². The van der Waals surface area contributed by atoms with Crippen molar-refractivity contribution >= 4 is 17.2 Å². The highest BCUT2D eigenvalue weighted by molar-refractivity contribution is 7.11. The number of rotatable bonds is 3. The molecule has 0 unspecified atom stereocenters. The third-order valence-corrected chi connectivity index (χ3v) is 3.42. The SMILES string of the molecule is Cc1nc(C)c(CNC(=O)c2ccncc2)s1. The van der Waals surface area contributed by atoms with E-state index < -0.39 is 0 Å². The molecule has 0 bridgehead atoms. The zero-order valence-electron chi connectivity index (χ0n) is 9.73. The Kier molecular flexibility index (Phi) is 3.49. The maximum absolute atomic E-state index is 11.8. The van der Waals surface area contributed by atoms with Gasteiger partial charge in [0.2, 0.25) is 0 Å². The smallest absolute Gasteiger partial charge is 0.251 e. The third kappa shape index (κ3) is 2.88. The van der Waals surface area contributed by atoms with Crippen LogP contribution in [0, 0.1) is 13.8 Å². The fourth-order valence-electron chi connectivity index (χ4n) is 1.50. The first-order valence-corrected chi connectivity index (χ1v) is 6.09. The van der Waals surface area contributed by atoms with Crippen LogP contribution < -0.4 is 5.32 Å². The molecule has 17 heavy (non-hydrogen) atoms. The van der Waals surface area contributed by atoms with E-state index in [4.69, 9.17) is 0 Å². The number of hydrogen-bond acceptors (Lipinski definition) is 4. The van der Waals surface area contributed by atoms with Crippen LogP contribution in [0.25, 0.3) is 0 Å². The van der Waals surface area contributed by atoms with E-state index >= 15 is 0 Å². The number of aromatic nitrogens is 2. The highest BCUT2D eigenvalue weighted by Gasteiger charge is 2.08. The maximum Gasteiger partial charge on any atom is 0.251 e. The summed E-state index contributed by atoms with van der Waals surface area (Å²) in [6.45, 7) is 4.45. The Bertz CT molecular complexity index is 522. The van der Waals surface area contributed by atoms with Gasteiger partial charge in [-0.3, -0.25) is 9.78 Å². The highest BCUT2D eigenvalue weighted by atomic mass is 32.1. The van der Waals surface area contributed by atoms with Crippen molar-refractivity contribution in [2.75, 3.05) is 0 Å². The van der Waals surface area contributed by atoms with Gasteiger partial charge in [-0.1, -0.05) is 0 Å². The number of nitrogens with zero attached hydrogens (tertiary/aromatic N) is 2. The van der Waals surface area contributed by atoms with Crippen molar-refractivity contribution in [3.05, 3.63) is 45.7 Å². The number of carbonyl (C=O) groups excluding carboxylic acids is 1. The van der Waals surface area contributed by atoms with E-state index in [2.05, 4.69) is 15.3 Å². The Labute approximate surface area is 104 Å². The minimum atomic E-state index is -0.0853. The van der Waals surface area contributed by atoms with Crippen molar-refractivity contribution in [2.24, 2.45) is 0 Å². The van der Waals surface area contributed by atoms with Gasteiger partial charge in [-0.15, -0.1) is 11.3 Å². The second kappa shape index (κ2) is 5.05. The predicted molar refractivity (Wildman–Crippen MR) is 67.0 cm³/mol. The van der Waals surface area contributed by atoms with Gasteiger partial charge in [-0.2, -0.15) is 0 Å². The van der Waals surface area contributed by atoms with Crippen molar-refractivity contribution in [1.82, 2.24) is 15.3 Å². The van der Waals surface area contributed by atoms with Crippen LogP contribution in [-0.4, -0.2) is 15.9 Å². The molecule has 0 fully saturated rings. The maximum atomic E-state index is 11.8. The minimum absolute atomic E-state index is 0.0853. The molecule has 0 aliphatic rings. The molecule has 5 heteroatoms. The Morgan fingerprint density at radius 2 is 2.06 bits per heavy atom. The largest absolute Gasteiger partial charge is 0.347 e. The number of nitrogens with one attached hydrogen (secondary N) is 1. The van der Waals surface area contributed by atoms with Gasteiger partial charge < -0.3 is 5.32 Å². The van der Waals surface area contributed by atoms with E-state index in [-0.39, 0.29) is 5.91 Å². The highest BCUT2D eigenvalue weighted by Crippen LogP contribution is 2.16. The normalized spacial score (nSPS) is 10.2. The number of carbonyl (C=O) groups is 1. The molecule has 2 aromatic heterocycles. The summed E-state index contributed by atoms with van der Waals surface area (Å²) in [7, 11) is 0. The number of aryl methyl sites for hydroxylation is 2. The lowest BCUT2D eigenvalue weighted by molar-refractivity contribution is 0.0951. The van der Waals surface area contributed by atoms with E-state index in [9.17, 15) is 4.79 Å². The summed E-state index contributed by atoms with van der Waals surface area (Å²) < 4.78 is 0. The molecule has 0 spiro atoms. The second-order valence-corrected chi connectivity index (χ2v) is 4.95. The van der Waals surface area contributed by atoms with Gasteiger partial charge in [0.05, 0.1) is 17.2 Å². The van der Waals surface area contributed by atoms with Crippen LogP contribution >= 0.6 is 11.3 Å². The van der Waals surface area contributed by atoms with Gasteiger partial charge >= 0.3 is 0 Å². The lowest BCUT2D eigenvalue weighted by Crippen LogP contribution is -2.22. The standard InChI is InChI=1S/C12H13N3OS/c1-8-11(17-9(2)15-8)7-14-12(16)10-3-5-13-6-4-10/h3-6H,7H2,1-2H3,(H,14,16). The van der Waals surface area contributed by atoms with Crippen LogP contribution in [0.15, 0.2) is 24.5 Å². The van der Waals surface area contributed by atoms with Crippen LogP contribution in [0.4, 0.5) is 0 Å². The second-order valence-electron chi connectivity index (χ2n) is 3.66. The van der Waals surface area contributed by atoms with Crippen LogP contribution in [0.2, 0.25) is 0 Å². The molecule has 0 saturated carbocycles. The molecule has 1 N–H and O–H groups in total. The van der Waals surface area contributed by atoms with Crippen molar-refractivity contribution in [2.45, 2.75) is 20.4 Å². The van der Waals surface area contributed by atoms with Crippen molar-refractivity contribution < 1.29 is 4.79 Å². The Balaban J connectivity index is 1.99. The van der Waals surface area contributed by atoms with Gasteiger partial charge in [0.1, 0.15) is 0 Å². The monoisotopic (exact) mass is 247 g/mol. The van der Waals surface area contributed by atoms with Gasteiger partial charge in [0.15, 0.2) is 0 Å². The van der Waals surface area contributed by atoms with Crippen LogP contribution in [0.3, 0.4) is 0 Å². The van der Waals surface area contributed by atoms with Gasteiger partial charge in [-0.05, 0) is 26.0 Å². The van der Waals surface area contributed by atoms with Crippen LogP contribution in [0.5, 0.6) is 0 Å². The van der Waals surface area contributed by atoms with Gasteiger partial charge in [0.25, 0.3) is 5.91 Å². The van der Waals surface area contributed by atoms with E-state index in [1.807, 2.05) is 13.8 Å². The lowest BCUT2D eigenvalue weighted by atomic mass is 10.2. The molecule has 2 rings (SSSR count). The molecule has 0 aliphatic heterocycles. The lowest BCUT2D eigenvalue weighted by Gasteiger charge is -2.03. The summed E-state index contributed by atoms with van der Waals surface area (Å²) in [6, 6.07) is 3.39. The fraction of sp³-hybridized carbons (Fsp3) is 0.250. The molecule has 2 aromatic rings. The molecule has 1 amide bonds. The average molecular weight is 247 g/mol. The topological polar surface area (TPSA) is 54.9 Å². The number of pyridine rings is 1. The fourth-order valence-corrected chi connectivity index (χ4v) is 2.38. The molecule has 0 aromatic carbocycles. The minimum Gasteiger partial charge on any atom is -0.347 e. The first-order chi connectivity index (χ1) is 8.16. The van der Waals surface area contributed by atoms with E-state index in [1.165, 1.54) is 0 Å². The average Bonchev–Trinajstić information content (AvgIpc) is 2.66. The van der Waals surface area contributed by atoms with Crippen molar-refractivity contribution in [1.29, 1.82) is 0 Å². The Morgan fingerprint density at radius 3 is 2.65 bits per heavy atom. The molecule has 0 atom stereocenters. The molecule has 88 valence electrons. The molecule has 0 saturated heterocycles. The summed E-state index contributed by atoms with van der Waals surface area (Å²) in [6.07, 6.45) is 3.22. The zero-order valence-corrected chi connectivity index (χ0v) is 10.5. The van der Waals surface area contributed by atoms with E-state index in [0.29, 0.717) is 12.1 Å². The molecule has 2 heterocycles. The molecule has 0 radical (unpaired) electrons. The van der Waals surface area contributed by atoms with E-state index in [0.717, 1.165) is 15.6 Å². The van der Waals surface area contributed by atoms with E-state index in [1.54, 1.807) is 35.9 Å². The first kappa shape index (κ1) is 11.7. The van der Waals surface area contributed by atoms with Crippen LogP contribution in [-0.2, 0) is 6.54 Å². The summed E-state index contributed by atoms with van der Waals surface area (Å²) in [5.41, 5.74) is 1.61. The quantitative estimate of drug-likeness (QED) is 0.903. The van der Waals surface area contributed by atoms with Crippen molar-refractivity contribution in [3.63, 3.8) is 0 Å². The van der Waals surface area contributed by atoms with Crippen molar-refractivity contribution in [3.8, 4) is 0 Å². The summed E-state index contributed by atoms with van der Waals surface area (Å²) in [4.78, 5) is 21.1. The molecular formula is C12H13N3OS. The predicted octanol–water partition coefficient (Wildman–Crippen LogP) is 2.08. The third-order valence-electron chi connectivity index (χ3n) is 2.35. The Hall–Kier alpha value is -1.75. The summed E-state index contributed by atoms with van der Waals surface area (Å²) in [5, 5.41) is 3.90. The number of hydrogen-bond donors (Lipinski definition) is 1. The van der Waals surface area contributed by atoms with Gasteiger partial charge in [0, 0.05) is 22.8 Å². The first-order valence-electron chi connectivity index (χ1n) is 5.28. The number of amides is 1. The molecule has 0 aliphatic carbocycles.